The Morgan fingerprint density at radius 3 is 2.47 bits per heavy atom. The maximum atomic E-state index is 6.12. The van der Waals surface area contributed by atoms with Gasteiger partial charge in [-0.05, 0) is 37.0 Å². The van der Waals surface area contributed by atoms with Gasteiger partial charge in [0.05, 0.1) is 11.4 Å². The van der Waals surface area contributed by atoms with E-state index < -0.39 is 0 Å². The molecule has 0 aromatic heterocycles. The number of hydrogen-bond donors (Lipinski definition) is 1. The van der Waals surface area contributed by atoms with Gasteiger partial charge in [-0.25, -0.2) is 0 Å². The highest BCUT2D eigenvalue weighted by Crippen LogP contribution is 2.25. The summed E-state index contributed by atoms with van der Waals surface area (Å²) < 4.78 is 0. The largest absolute Gasteiger partial charge is 0.397 e. The third-order valence-corrected chi connectivity index (χ3v) is 3.51. The van der Waals surface area contributed by atoms with Gasteiger partial charge in [0.15, 0.2) is 0 Å². The average Bonchev–Trinajstić information content (AvgIpc) is 2.43. The quantitative estimate of drug-likeness (QED) is 0.825. The van der Waals surface area contributed by atoms with E-state index >= 15 is 0 Å². The van der Waals surface area contributed by atoms with Crippen LogP contribution in [-0.4, -0.2) is 13.6 Å². The van der Waals surface area contributed by atoms with E-state index in [1.54, 1.807) is 0 Å². The van der Waals surface area contributed by atoms with Gasteiger partial charge >= 0.3 is 0 Å². The summed E-state index contributed by atoms with van der Waals surface area (Å²) >= 11 is 0. The molecular formula is C17H22N2. The van der Waals surface area contributed by atoms with E-state index in [2.05, 4.69) is 67.4 Å². The molecule has 2 aromatic rings. The van der Waals surface area contributed by atoms with Gasteiger partial charge in [0.1, 0.15) is 0 Å². The Kier molecular flexibility index (Phi) is 4.45. The first-order valence-electron chi connectivity index (χ1n) is 6.78. The van der Waals surface area contributed by atoms with Crippen LogP contribution in [-0.2, 0) is 6.42 Å². The molecule has 0 radical (unpaired) electrons. The molecule has 0 saturated heterocycles. The zero-order valence-corrected chi connectivity index (χ0v) is 11.8. The molecular weight excluding hydrogens is 232 g/mol. The molecule has 0 atom stereocenters. The second-order valence-corrected chi connectivity index (χ2v) is 5.02. The molecule has 0 saturated carbocycles. The maximum Gasteiger partial charge on any atom is 0.0600 e. The fraction of sp³-hybridized carbons (Fsp3) is 0.294. The number of nitrogen functional groups attached to an aromatic ring is 1. The lowest BCUT2D eigenvalue weighted by molar-refractivity contribution is 0.786. The number of nitrogens with two attached hydrogens (primary N) is 1. The summed E-state index contributed by atoms with van der Waals surface area (Å²) in [5, 5.41) is 0. The van der Waals surface area contributed by atoms with Crippen molar-refractivity contribution in [2.45, 2.75) is 19.8 Å². The lowest BCUT2D eigenvalue weighted by Crippen LogP contribution is -2.20. The zero-order valence-electron chi connectivity index (χ0n) is 11.8. The van der Waals surface area contributed by atoms with Crippen LogP contribution in [0.1, 0.15) is 17.5 Å². The molecule has 0 fully saturated rings. The van der Waals surface area contributed by atoms with E-state index in [9.17, 15) is 0 Å². The van der Waals surface area contributed by atoms with E-state index in [-0.39, 0.29) is 0 Å². The smallest absolute Gasteiger partial charge is 0.0600 e. The van der Waals surface area contributed by atoms with Crippen molar-refractivity contribution in [3.05, 3.63) is 59.7 Å². The Bertz CT molecular complexity index is 520. The van der Waals surface area contributed by atoms with Crippen LogP contribution in [0.25, 0.3) is 0 Å². The third-order valence-electron chi connectivity index (χ3n) is 3.51. The molecule has 0 heterocycles. The number of para-hydroxylation sites is 1. The molecule has 0 amide bonds. The molecule has 0 bridgehead atoms. The van der Waals surface area contributed by atoms with E-state index in [1.165, 1.54) is 5.56 Å². The number of benzene rings is 2. The molecule has 2 aromatic carbocycles. The molecule has 0 unspecified atom stereocenters. The Balaban J connectivity index is 1.91. The standard InChI is InChI=1S/C17H22N2/c1-14-8-6-12-16(17(14)18)19(2)13-7-11-15-9-4-3-5-10-15/h3-6,8-10,12H,7,11,13,18H2,1-2H3. The van der Waals surface area contributed by atoms with Crippen molar-refractivity contribution in [2.75, 3.05) is 24.2 Å². The van der Waals surface area contributed by atoms with Gasteiger partial charge in [0.2, 0.25) is 0 Å². The second kappa shape index (κ2) is 6.28. The van der Waals surface area contributed by atoms with Gasteiger partial charge in [-0.15, -0.1) is 0 Å². The van der Waals surface area contributed by atoms with Gasteiger partial charge in [-0.1, -0.05) is 42.5 Å². The molecule has 0 aliphatic heterocycles. The van der Waals surface area contributed by atoms with Gasteiger partial charge in [-0.2, -0.15) is 0 Å². The first-order valence-corrected chi connectivity index (χ1v) is 6.78. The highest BCUT2D eigenvalue weighted by atomic mass is 15.1. The summed E-state index contributed by atoms with van der Waals surface area (Å²) in [5.74, 6) is 0. The van der Waals surface area contributed by atoms with Crippen LogP contribution in [0.4, 0.5) is 11.4 Å². The fourth-order valence-corrected chi connectivity index (χ4v) is 2.28. The van der Waals surface area contributed by atoms with E-state index in [0.717, 1.165) is 36.3 Å². The molecule has 0 aliphatic rings. The Hall–Kier alpha value is -1.96. The molecule has 19 heavy (non-hydrogen) atoms. The van der Waals surface area contributed by atoms with Crippen molar-refractivity contribution in [3.63, 3.8) is 0 Å². The minimum Gasteiger partial charge on any atom is -0.397 e. The number of hydrogen-bond acceptors (Lipinski definition) is 2. The third kappa shape index (κ3) is 3.50. The molecule has 0 spiro atoms. The van der Waals surface area contributed by atoms with E-state index in [0.29, 0.717) is 0 Å². The fourth-order valence-electron chi connectivity index (χ4n) is 2.28. The molecule has 0 aliphatic carbocycles. The minimum absolute atomic E-state index is 0.893. The minimum atomic E-state index is 0.893. The number of nitrogens with zero attached hydrogens (tertiary/aromatic N) is 1. The molecule has 2 heteroatoms. The van der Waals surface area contributed by atoms with Crippen LogP contribution in [0, 0.1) is 6.92 Å². The van der Waals surface area contributed by atoms with Crippen LogP contribution in [0.2, 0.25) is 0 Å². The van der Waals surface area contributed by atoms with Crippen LogP contribution in [0.5, 0.6) is 0 Å². The first-order chi connectivity index (χ1) is 9.18. The molecule has 2 rings (SSSR count). The van der Waals surface area contributed by atoms with E-state index in [4.69, 9.17) is 5.73 Å². The molecule has 2 N–H and O–H groups in total. The van der Waals surface area contributed by atoms with Crippen LogP contribution in [0.3, 0.4) is 0 Å². The summed E-state index contributed by atoms with van der Waals surface area (Å²) in [6.45, 7) is 3.07. The zero-order chi connectivity index (χ0) is 13.7. The second-order valence-electron chi connectivity index (χ2n) is 5.02. The van der Waals surface area contributed by atoms with Gasteiger partial charge in [0.25, 0.3) is 0 Å². The van der Waals surface area contributed by atoms with Crippen molar-refractivity contribution in [3.8, 4) is 0 Å². The predicted molar refractivity (Wildman–Crippen MR) is 83.6 cm³/mol. The Morgan fingerprint density at radius 1 is 1.00 bits per heavy atom. The summed E-state index contributed by atoms with van der Waals surface area (Å²) in [4.78, 5) is 2.24. The number of anilines is 2. The lowest BCUT2D eigenvalue weighted by atomic mass is 10.1. The van der Waals surface area contributed by atoms with Crippen molar-refractivity contribution >= 4 is 11.4 Å². The highest BCUT2D eigenvalue weighted by molar-refractivity contribution is 5.70. The van der Waals surface area contributed by atoms with Crippen molar-refractivity contribution in [2.24, 2.45) is 0 Å². The molecule has 100 valence electrons. The number of rotatable bonds is 5. The van der Waals surface area contributed by atoms with Crippen LogP contribution >= 0.6 is 0 Å². The SMILES string of the molecule is Cc1cccc(N(C)CCCc2ccccc2)c1N. The predicted octanol–water partition coefficient (Wildman–Crippen LogP) is 3.65. The topological polar surface area (TPSA) is 29.3 Å². The normalized spacial score (nSPS) is 10.4. The van der Waals surface area contributed by atoms with Crippen LogP contribution < -0.4 is 10.6 Å². The number of aryl methyl sites for hydroxylation is 2. The van der Waals surface area contributed by atoms with Crippen molar-refractivity contribution in [1.82, 2.24) is 0 Å². The van der Waals surface area contributed by atoms with Crippen LogP contribution in [0.15, 0.2) is 48.5 Å². The highest BCUT2D eigenvalue weighted by Gasteiger charge is 2.06. The van der Waals surface area contributed by atoms with Crippen molar-refractivity contribution in [1.29, 1.82) is 0 Å². The summed E-state index contributed by atoms with van der Waals surface area (Å²) in [6, 6.07) is 16.8. The summed E-state index contributed by atoms with van der Waals surface area (Å²) in [7, 11) is 2.11. The summed E-state index contributed by atoms with van der Waals surface area (Å²) in [5.41, 5.74) is 10.7. The van der Waals surface area contributed by atoms with Gasteiger partial charge in [-0.3, -0.25) is 0 Å². The summed E-state index contributed by atoms with van der Waals surface area (Å²) in [6.07, 6.45) is 2.24. The van der Waals surface area contributed by atoms with Crippen molar-refractivity contribution < 1.29 is 0 Å². The Labute approximate surface area is 115 Å². The maximum absolute atomic E-state index is 6.12. The van der Waals surface area contributed by atoms with Gasteiger partial charge < -0.3 is 10.6 Å². The van der Waals surface area contributed by atoms with Gasteiger partial charge in [0, 0.05) is 13.6 Å². The Morgan fingerprint density at radius 2 is 1.74 bits per heavy atom. The average molecular weight is 254 g/mol. The first kappa shape index (κ1) is 13.5. The lowest BCUT2D eigenvalue weighted by Gasteiger charge is -2.22. The van der Waals surface area contributed by atoms with E-state index in [1.807, 2.05) is 0 Å². The molecule has 2 nitrogen and oxygen atoms in total. The monoisotopic (exact) mass is 254 g/mol.